The van der Waals surface area contributed by atoms with E-state index >= 15 is 0 Å². The molecule has 2 aromatic rings. The van der Waals surface area contributed by atoms with Crippen LogP contribution in [0.3, 0.4) is 0 Å². The third-order valence-corrected chi connectivity index (χ3v) is 3.34. The minimum Gasteiger partial charge on any atom is -0.358 e. The first kappa shape index (κ1) is 9.25. The van der Waals surface area contributed by atoms with Crippen LogP contribution in [-0.2, 0) is 0 Å². The molecular formula is C12H13ClN2. The molecule has 0 spiro atoms. The van der Waals surface area contributed by atoms with Gasteiger partial charge in [0.1, 0.15) is 0 Å². The minimum atomic E-state index is 0.635. The lowest BCUT2D eigenvalue weighted by Crippen LogP contribution is -2.07. The number of halogens is 1. The molecule has 0 saturated carbocycles. The van der Waals surface area contributed by atoms with E-state index in [1.807, 2.05) is 18.2 Å². The summed E-state index contributed by atoms with van der Waals surface area (Å²) in [5, 5.41) is 5.40. The number of fused-ring (bicyclic) bond motifs is 1. The molecule has 1 atom stereocenters. The lowest BCUT2D eigenvalue weighted by atomic mass is 10.1. The molecule has 78 valence electrons. The number of aromatic nitrogens is 1. The number of hydrogen-bond donors (Lipinski definition) is 2. The van der Waals surface area contributed by atoms with Crippen molar-refractivity contribution in [2.24, 2.45) is 0 Å². The van der Waals surface area contributed by atoms with E-state index in [-0.39, 0.29) is 0 Å². The van der Waals surface area contributed by atoms with Gasteiger partial charge >= 0.3 is 0 Å². The Morgan fingerprint density at radius 3 is 3.00 bits per heavy atom. The summed E-state index contributed by atoms with van der Waals surface area (Å²) in [5.74, 6) is 0.635. The maximum atomic E-state index is 5.96. The van der Waals surface area contributed by atoms with E-state index < -0.39 is 0 Å². The van der Waals surface area contributed by atoms with Crippen LogP contribution in [0.5, 0.6) is 0 Å². The van der Waals surface area contributed by atoms with Crippen molar-refractivity contribution in [2.45, 2.75) is 12.3 Å². The van der Waals surface area contributed by atoms with Gasteiger partial charge < -0.3 is 10.3 Å². The molecule has 1 aromatic carbocycles. The molecule has 1 aromatic heterocycles. The van der Waals surface area contributed by atoms with Crippen molar-refractivity contribution in [3.63, 3.8) is 0 Å². The van der Waals surface area contributed by atoms with Crippen LogP contribution in [0, 0.1) is 0 Å². The standard InChI is InChI=1S/C12H13ClN2/c13-10-1-2-11-9(5-10)6-12(15-11)8-3-4-14-7-8/h1-2,5-6,8,14-15H,3-4,7H2/t8-/m1/s1. The summed E-state index contributed by atoms with van der Waals surface area (Å²) in [6.45, 7) is 2.21. The summed E-state index contributed by atoms with van der Waals surface area (Å²) < 4.78 is 0. The number of aromatic amines is 1. The van der Waals surface area contributed by atoms with Crippen LogP contribution < -0.4 is 5.32 Å². The zero-order valence-electron chi connectivity index (χ0n) is 8.39. The molecule has 1 aliphatic heterocycles. The van der Waals surface area contributed by atoms with Crippen molar-refractivity contribution in [3.05, 3.63) is 35.0 Å². The molecule has 2 nitrogen and oxygen atoms in total. The lowest BCUT2D eigenvalue weighted by Gasteiger charge is -2.03. The van der Waals surface area contributed by atoms with E-state index in [1.54, 1.807) is 0 Å². The summed E-state index contributed by atoms with van der Waals surface area (Å²) >= 11 is 5.96. The number of rotatable bonds is 1. The number of H-pyrrole nitrogens is 1. The minimum absolute atomic E-state index is 0.635. The highest BCUT2D eigenvalue weighted by atomic mass is 35.5. The van der Waals surface area contributed by atoms with Gasteiger partial charge in [-0.2, -0.15) is 0 Å². The summed E-state index contributed by atoms with van der Waals surface area (Å²) in [6, 6.07) is 8.21. The third kappa shape index (κ3) is 1.64. The van der Waals surface area contributed by atoms with Crippen LogP contribution in [0.15, 0.2) is 24.3 Å². The first-order chi connectivity index (χ1) is 7.33. The molecule has 0 bridgehead atoms. The summed E-state index contributed by atoms with van der Waals surface area (Å²) in [6.07, 6.45) is 1.22. The maximum absolute atomic E-state index is 5.96. The highest BCUT2D eigenvalue weighted by Gasteiger charge is 2.18. The molecule has 3 rings (SSSR count). The molecule has 0 aliphatic carbocycles. The Hall–Kier alpha value is -0.990. The fourth-order valence-electron chi connectivity index (χ4n) is 2.27. The van der Waals surface area contributed by atoms with Crippen molar-refractivity contribution in [2.75, 3.05) is 13.1 Å². The van der Waals surface area contributed by atoms with E-state index in [1.165, 1.54) is 23.0 Å². The van der Waals surface area contributed by atoms with E-state index in [4.69, 9.17) is 11.6 Å². The zero-order valence-corrected chi connectivity index (χ0v) is 9.14. The molecule has 2 heterocycles. The smallest absolute Gasteiger partial charge is 0.0457 e. The van der Waals surface area contributed by atoms with Crippen molar-refractivity contribution < 1.29 is 0 Å². The van der Waals surface area contributed by atoms with Crippen molar-refractivity contribution in [1.29, 1.82) is 0 Å². The van der Waals surface area contributed by atoms with Gasteiger partial charge in [0, 0.05) is 34.1 Å². The summed E-state index contributed by atoms with van der Waals surface area (Å²) in [4.78, 5) is 3.47. The Morgan fingerprint density at radius 2 is 2.20 bits per heavy atom. The number of benzene rings is 1. The topological polar surface area (TPSA) is 27.8 Å². The second-order valence-electron chi connectivity index (χ2n) is 4.15. The van der Waals surface area contributed by atoms with Gasteiger partial charge in [0.05, 0.1) is 0 Å². The largest absolute Gasteiger partial charge is 0.358 e. The first-order valence-electron chi connectivity index (χ1n) is 5.32. The van der Waals surface area contributed by atoms with Gasteiger partial charge in [-0.3, -0.25) is 0 Å². The Morgan fingerprint density at radius 1 is 1.27 bits per heavy atom. The molecule has 2 N–H and O–H groups in total. The molecule has 15 heavy (non-hydrogen) atoms. The molecular weight excluding hydrogens is 208 g/mol. The molecule has 1 aliphatic rings. The van der Waals surface area contributed by atoms with Crippen LogP contribution in [0.2, 0.25) is 5.02 Å². The van der Waals surface area contributed by atoms with Gasteiger partial charge in [-0.15, -0.1) is 0 Å². The van der Waals surface area contributed by atoms with Crippen LogP contribution in [0.25, 0.3) is 10.9 Å². The predicted octanol–water partition coefficient (Wildman–Crippen LogP) is 2.90. The van der Waals surface area contributed by atoms with E-state index in [0.29, 0.717) is 5.92 Å². The first-order valence-corrected chi connectivity index (χ1v) is 5.69. The Labute approximate surface area is 93.6 Å². The van der Waals surface area contributed by atoms with Gasteiger partial charge in [0.25, 0.3) is 0 Å². The highest BCUT2D eigenvalue weighted by Crippen LogP contribution is 2.27. The normalized spacial score (nSPS) is 21.3. The third-order valence-electron chi connectivity index (χ3n) is 3.10. The van der Waals surface area contributed by atoms with Crippen LogP contribution in [0.4, 0.5) is 0 Å². The van der Waals surface area contributed by atoms with Gasteiger partial charge in [0.15, 0.2) is 0 Å². The second kappa shape index (κ2) is 3.54. The predicted molar refractivity (Wildman–Crippen MR) is 63.5 cm³/mol. The van der Waals surface area contributed by atoms with Crippen molar-refractivity contribution in [1.82, 2.24) is 10.3 Å². The second-order valence-corrected chi connectivity index (χ2v) is 4.58. The maximum Gasteiger partial charge on any atom is 0.0457 e. The van der Waals surface area contributed by atoms with Crippen molar-refractivity contribution >= 4 is 22.5 Å². The monoisotopic (exact) mass is 220 g/mol. The lowest BCUT2D eigenvalue weighted by molar-refractivity contribution is 0.743. The Balaban J connectivity index is 2.05. The average Bonchev–Trinajstić information content (AvgIpc) is 2.84. The summed E-state index contributed by atoms with van der Waals surface area (Å²) in [5.41, 5.74) is 2.51. The molecule has 0 unspecified atom stereocenters. The molecule has 1 saturated heterocycles. The average molecular weight is 221 g/mol. The van der Waals surface area contributed by atoms with Gasteiger partial charge in [0.2, 0.25) is 0 Å². The van der Waals surface area contributed by atoms with Gasteiger partial charge in [-0.05, 0) is 37.2 Å². The van der Waals surface area contributed by atoms with Crippen LogP contribution in [0.1, 0.15) is 18.0 Å². The van der Waals surface area contributed by atoms with Gasteiger partial charge in [-0.1, -0.05) is 11.6 Å². The fourth-order valence-corrected chi connectivity index (χ4v) is 2.45. The van der Waals surface area contributed by atoms with Crippen molar-refractivity contribution in [3.8, 4) is 0 Å². The summed E-state index contributed by atoms with van der Waals surface area (Å²) in [7, 11) is 0. The highest BCUT2D eigenvalue weighted by molar-refractivity contribution is 6.31. The molecule has 0 amide bonds. The van der Waals surface area contributed by atoms with E-state index in [2.05, 4.69) is 16.4 Å². The SMILES string of the molecule is Clc1ccc2[nH]c([C@@H]3CCNC3)cc2c1. The fraction of sp³-hybridized carbons (Fsp3) is 0.333. The van der Waals surface area contributed by atoms with Crippen LogP contribution in [-0.4, -0.2) is 18.1 Å². The molecule has 0 radical (unpaired) electrons. The quantitative estimate of drug-likeness (QED) is 0.760. The van der Waals surface area contributed by atoms with E-state index in [9.17, 15) is 0 Å². The molecule has 1 fully saturated rings. The zero-order chi connectivity index (χ0) is 10.3. The van der Waals surface area contributed by atoms with Gasteiger partial charge in [-0.25, -0.2) is 0 Å². The Kier molecular flexibility index (Phi) is 2.19. The Bertz CT molecular complexity index is 483. The van der Waals surface area contributed by atoms with E-state index in [0.717, 1.165) is 18.1 Å². The number of hydrogen-bond acceptors (Lipinski definition) is 1. The molecule has 3 heteroatoms. The number of nitrogens with one attached hydrogen (secondary N) is 2. The van der Waals surface area contributed by atoms with Crippen LogP contribution >= 0.6 is 11.6 Å².